The maximum absolute atomic E-state index is 11.8. The summed E-state index contributed by atoms with van der Waals surface area (Å²) in [6.45, 7) is -0.404. The molecule has 2 heterocycles. The lowest BCUT2D eigenvalue weighted by atomic mass is 9.92. The first-order valence-electron chi connectivity index (χ1n) is 9.40. The number of fused-ring (bicyclic) bond motifs is 1. The van der Waals surface area contributed by atoms with Gasteiger partial charge in [0.05, 0.1) is 0 Å². The molecule has 0 aromatic rings. The number of ketones is 1. The Morgan fingerprint density at radius 2 is 1.85 bits per heavy atom. The Balaban J connectivity index is 1.26. The van der Waals surface area contributed by atoms with Crippen LogP contribution in [-0.4, -0.2) is 51.9 Å². The fourth-order valence-corrected chi connectivity index (χ4v) is 5.78. The maximum Gasteiger partial charge on any atom is 0.324 e. The van der Waals surface area contributed by atoms with Crippen LogP contribution < -0.4 is 5.48 Å². The van der Waals surface area contributed by atoms with Crippen molar-refractivity contribution in [2.45, 2.75) is 56.6 Å². The SMILES string of the molecule is O=C1CC2CSC(CCCCC(=O)ONCC(=O)N3C(=O)CCC3=O)C2C1. The van der Waals surface area contributed by atoms with E-state index in [-0.39, 0.29) is 19.3 Å². The lowest BCUT2D eigenvalue weighted by Crippen LogP contribution is -2.41. The molecule has 148 valence electrons. The van der Waals surface area contributed by atoms with Crippen molar-refractivity contribution in [2.24, 2.45) is 11.8 Å². The highest BCUT2D eigenvalue weighted by Crippen LogP contribution is 2.47. The number of hydroxylamine groups is 1. The van der Waals surface area contributed by atoms with E-state index in [4.69, 9.17) is 4.84 Å². The van der Waals surface area contributed by atoms with Gasteiger partial charge in [-0.3, -0.25) is 24.0 Å². The summed E-state index contributed by atoms with van der Waals surface area (Å²) in [6.07, 6.45) is 4.33. The molecule has 3 fully saturated rings. The Morgan fingerprint density at radius 1 is 1.11 bits per heavy atom. The van der Waals surface area contributed by atoms with Gasteiger partial charge in [0.15, 0.2) is 0 Å². The van der Waals surface area contributed by atoms with Crippen LogP contribution in [0.15, 0.2) is 0 Å². The number of carbonyl (C=O) groups excluding carboxylic acids is 5. The highest BCUT2D eigenvalue weighted by Gasteiger charge is 2.42. The van der Waals surface area contributed by atoms with Gasteiger partial charge in [0.2, 0.25) is 11.8 Å². The van der Waals surface area contributed by atoms with Gasteiger partial charge in [0, 0.05) is 37.4 Å². The Morgan fingerprint density at radius 3 is 2.59 bits per heavy atom. The van der Waals surface area contributed by atoms with Gasteiger partial charge in [-0.2, -0.15) is 11.8 Å². The van der Waals surface area contributed by atoms with E-state index < -0.39 is 30.2 Å². The van der Waals surface area contributed by atoms with Crippen LogP contribution >= 0.6 is 11.8 Å². The van der Waals surface area contributed by atoms with Crippen LogP contribution in [0, 0.1) is 11.8 Å². The molecule has 8 nitrogen and oxygen atoms in total. The Bertz CT molecular complexity index is 636. The molecule has 3 unspecified atom stereocenters. The molecule has 3 aliphatic rings. The van der Waals surface area contributed by atoms with Crippen LogP contribution in [0.5, 0.6) is 0 Å². The molecule has 0 aromatic carbocycles. The summed E-state index contributed by atoms with van der Waals surface area (Å²) in [4.78, 5) is 63.3. The summed E-state index contributed by atoms with van der Waals surface area (Å²) in [6, 6.07) is 0. The minimum Gasteiger partial charge on any atom is -0.370 e. The molecule has 2 saturated heterocycles. The number of amides is 3. The van der Waals surface area contributed by atoms with Gasteiger partial charge < -0.3 is 4.84 Å². The van der Waals surface area contributed by atoms with Gasteiger partial charge in [-0.15, -0.1) is 5.48 Å². The van der Waals surface area contributed by atoms with E-state index >= 15 is 0 Å². The van der Waals surface area contributed by atoms with Gasteiger partial charge in [-0.05, 0) is 30.4 Å². The van der Waals surface area contributed by atoms with Gasteiger partial charge in [0.1, 0.15) is 12.3 Å². The Hall–Kier alpha value is -1.74. The highest BCUT2D eigenvalue weighted by molar-refractivity contribution is 8.00. The molecule has 1 aliphatic carbocycles. The number of hydrogen-bond donors (Lipinski definition) is 1. The molecule has 1 saturated carbocycles. The largest absolute Gasteiger partial charge is 0.370 e. The topological polar surface area (TPSA) is 110 Å². The minimum absolute atomic E-state index is 0.0411. The van der Waals surface area contributed by atoms with Crippen molar-refractivity contribution >= 4 is 41.2 Å². The van der Waals surface area contributed by atoms with E-state index in [0.717, 1.165) is 25.0 Å². The minimum atomic E-state index is -0.714. The van der Waals surface area contributed by atoms with Crippen molar-refractivity contribution in [3.05, 3.63) is 0 Å². The number of Topliss-reactive ketones (excluding diaryl/α,β-unsaturated/α-hetero) is 1. The number of carbonyl (C=O) groups is 5. The average molecular weight is 396 g/mol. The van der Waals surface area contributed by atoms with Crippen molar-refractivity contribution in [2.75, 3.05) is 12.3 Å². The Labute approximate surface area is 161 Å². The smallest absolute Gasteiger partial charge is 0.324 e. The summed E-state index contributed by atoms with van der Waals surface area (Å²) in [5.74, 6) is 0.291. The number of thioether (sulfide) groups is 1. The first kappa shape index (κ1) is 20.0. The summed E-state index contributed by atoms with van der Waals surface area (Å²) in [5.41, 5.74) is 2.23. The van der Waals surface area contributed by atoms with E-state index in [1.54, 1.807) is 0 Å². The molecule has 0 radical (unpaired) electrons. The van der Waals surface area contributed by atoms with Gasteiger partial charge in [-0.1, -0.05) is 6.42 Å². The molecule has 3 rings (SSSR count). The zero-order valence-corrected chi connectivity index (χ0v) is 15.9. The van der Waals surface area contributed by atoms with Gasteiger partial charge >= 0.3 is 5.97 Å². The number of hydrogen-bond acceptors (Lipinski definition) is 8. The van der Waals surface area contributed by atoms with Crippen LogP contribution in [0.4, 0.5) is 0 Å². The van der Waals surface area contributed by atoms with E-state index in [2.05, 4.69) is 5.48 Å². The summed E-state index contributed by atoms with van der Waals surface area (Å²) < 4.78 is 0. The third-order valence-electron chi connectivity index (χ3n) is 5.39. The van der Waals surface area contributed by atoms with E-state index in [9.17, 15) is 24.0 Å². The molecule has 0 aromatic heterocycles. The van der Waals surface area contributed by atoms with Crippen molar-refractivity contribution in [3.8, 4) is 0 Å². The van der Waals surface area contributed by atoms with E-state index in [1.165, 1.54) is 0 Å². The number of likely N-dealkylation sites (tertiary alicyclic amines) is 1. The van der Waals surface area contributed by atoms with E-state index in [0.29, 0.717) is 40.6 Å². The second-order valence-electron chi connectivity index (χ2n) is 7.30. The molecule has 0 bridgehead atoms. The number of imide groups is 3. The number of nitrogens with zero attached hydrogens (tertiary/aromatic N) is 1. The van der Waals surface area contributed by atoms with Crippen LogP contribution in [0.2, 0.25) is 0 Å². The highest BCUT2D eigenvalue weighted by atomic mass is 32.2. The second-order valence-corrected chi connectivity index (χ2v) is 8.57. The first-order chi connectivity index (χ1) is 13.0. The predicted molar refractivity (Wildman–Crippen MR) is 96.1 cm³/mol. The number of nitrogens with one attached hydrogen (secondary N) is 1. The van der Waals surface area contributed by atoms with Gasteiger partial charge in [-0.25, -0.2) is 4.90 Å². The number of unbranched alkanes of at least 4 members (excludes halogenated alkanes) is 1. The lowest BCUT2D eigenvalue weighted by molar-refractivity contribution is -0.154. The molecule has 3 atom stereocenters. The normalized spacial score (nSPS) is 27.3. The van der Waals surface area contributed by atoms with Crippen molar-refractivity contribution in [1.29, 1.82) is 0 Å². The molecule has 1 N–H and O–H groups in total. The van der Waals surface area contributed by atoms with E-state index in [1.807, 2.05) is 11.8 Å². The number of rotatable bonds is 8. The average Bonchev–Trinajstić information content (AvgIpc) is 3.26. The zero-order chi connectivity index (χ0) is 19.4. The molecule has 2 aliphatic heterocycles. The molecule has 9 heteroatoms. The third-order valence-corrected chi connectivity index (χ3v) is 7.02. The second kappa shape index (κ2) is 8.97. The van der Waals surface area contributed by atoms with Crippen molar-refractivity contribution in [1.82, 2.24) is 10.4 Å². The van der Waals surface area contributed by atoms with Crippen molar-refractivity contribution in [3.63, 3.8) is 0 Å². The van der Waals surface area contributed by atoms with Crippen LogP contribution in [0.25, 0.3) is 0 Å². The fourth-order valence-electron chi connectivity index (χ4n) is 4.02. The molecule has 3 amide bonds. The zero-order valence-electron chi connectivity index (χ0n) is 15.1. The Kier molecular flexibility index (Phi) is 6.64. The molecule has 27 heavy (non-hydrogen) atoms. The van der Waals surface area contributed by atoms with Crippen LogP contribution in [0.3, 0.4) is 0 Å². The monoisotopic (exact) mass is 396 g/mol. The van der Waals surface area contributed by atoms with Crippen LogP contribution in [0.1, 0.15) is 51.4 Å². The summed E-state index contributed by atoms with van der Waals surface area (Å²) >= 11 is 1.95. The van der Waals surface area contributed by atoms with Crippen molar-refractivity contribution < 1.29 is 28.8 Å². The maximum atomic E-state index is 11.8. The predicted octanol–water partition coefficient (Wildman–Crippen LogP) is 0.981. The lowest BCUT2D eigenvalue weighted by Gasteiger charge is -2.16. The first-order valence-corrected chi connectivity index (χ1v) is 10.4. The molecular formula is C18H24N2O6S. The van der Waals surface area contributed by atoms with Crippen LogP contribution in [-0.2, 0) is 28.8 Å². The quantitative estimate of drug-likeness (QED) is 0.367. The summed E-state index contributed by atoms with van der Waals surface area (Å²) in [7, 11) is 0. The van der Waals surface area contributed by atoms with Gasteiger partial charge in [0.25, 0.3) is 5.91 Å². The summed E-state index contributed by atoms with van der Waals surface area (Å²) in [5, 5.41) is 0.517. The third kappa shape index (κ3) is 4.95. The standard InChI is InChI=1S/C18H24N2O6S/c21-12-7-11-10-27-14(13(11)8-12)3-1-2-4-18(25)26-19-9-17(24)20-15(22)5-6-16(20)23/h11,13-14,19H,1-10H2. The molecular weight excluding hydrogens is 372 g/mol. The molecule has 0 spiro atoms. The fraction of sp³-hybridized carbons (Fsp3) is 0.722.